The van der Waals surface area contributed by atoms with Gasteiger partial charge in [0.15, 0.2) is 0 Å². The van der Waals surface area contributed by atoms with Crippen LogP contribution in [0.5, 0.6) is 0 Å². The van der Waals surface area contributed by atoms with Crippen LogP contribution in [0.15, 0.2) is 73.5 Å². The molecular formula is C15H13O3P. The first-order valence-corrected chi connectivity index (χ1v) is 7.43. The maximum absolute atomic E-state index is 13.2. The van der Waals surface area contributed by atoms with E-state index in [1.165, 1.54) is 0 Å². The number of benzene rings is 2. The molecule has 0 radical (unpaired) electrons. The van der Waals surface area contributed by atoms with Crippen molar-refractivity contribution in [1.82, 2.24) is 0 Å². The largest absolute Gasteiger partial charge is 0.429 e. The van der Waals surface area contributed by atoms with E-state index in [0.717, 1.165) is 6.26 Å². The molecule has 2 rings (SSSR count). The topological polar surface area (TPSA) is 43.4 Å². The Bertz CT molecular complexity index is 577. The van der Waals surface area contributed by atoms with Gasteiger partial charge in [0.1, 0.15) is 0 Å². The van der Waals surface area contributed by atoms with E-state index in [-0.39, 0.29) is 0 Å². The monoisotopic (exact) mass is 272 g/mol. The Hall–Kier alpha value is -2.12. The summed E-state index contributed by atoms with van der Waals surface area (Å²) in [4.78, 5) is 12.1. The average Bonchev–Trinajstić information content (AvgIpc) is 2.48. The minimum atomic E-state index is -3.46. The van der Waals surface area contributed by atoms with Gasteiger partial charge in [0.2, 0.25) is 7.14 Å². The normalized spacial score (nSPS) is 10.7. The molecule has 4 heteroatoms. The van der Waals surface area contributed by atoms with Crippen LogP contribution < -0.4 is 10.6 Å². The fourth-order valence-electron chi connectivity index (χ4n) is 1.78. The summed E-state index contributed by atoms with van der Waals surface area (Å²) in [6.45, 7) is 3.34. The zero-order valence-corrected chi connectivity index (χ0v) is 11.1. The molecule has 0 amide bonds. The van der Waals surface area contributed by atoms with Crippen LogP contribution in [0.2, 0.25) is 0 Å². The molecule has 96 valence electrons. The third kappa shape index (κ3) is 2.51. The van der Waals surface area contributed by atoms with Crippen LogP contribution in [-0.4, -0.2) is 5.71 Å². The van der Waals surface area contributed by atoms with E-state index >= 15 is 0 Å². The quantitative estimate of drug-likeness (QED) is 0.633. The summed E-state index contributed by atoms with van der Waals surface area (Å²) in [6, 6.07) is 17.2. The highest BCUT2D eigenvalue weighted by Crippen LogP contribution is 2.45. The Kier molecular flexibility index (Phi) is 3.98. The lowest BCUT2D eigenvalue weighted by molar-refractivity contribution is 0.211. The first-order chi connectivity index (χ1) is 9.19. The van der Waals surface area contributed by atoms with E-state index in [0.29, 0.717) is 10.6 Å². The van der Waals surface area contributed by atoms with E-state index in [1.54, 1.807) is 60.7 Å². The van der Waals surface area contributed by atoms with Crippen LogP contribution in [0.25, 0.3) is 0 Å². The smallest absolute Gasteiger partial charge is 0.377 e. The standard InChI is InChI=1S/C15H13O3P/c1-2-18-15(16)19(17,13-9-5-3-6-10-13)14-11-7-4-8-12-14/h2-12H,1H2. The molecule has 2 aromatic rings. The van der Waals surface area contributed by atoms with E-state index in [2.05, 4.69) is 6.58 Å². The molecule has 0 atom stereocenters. The summed E-state index contributed by atoms with van der Waals surface area (Å²) in [5.74, 6) is 0. The molecule has 0 aromatic heterocycles. The van der Waals surface area contributed by atoms with Gasteiger partial charge in [-0.15, -0.1) is 0 Å². The molecule has 0 heterocycles. The lowest BCUT2D eigenvalue weighted by Gasteiger charge is -2.16. The summed E-state index contributed by atoms with van der Waals surface area (Å²) in [5.41, 5.74) is -0.778. The van der Waals surface area contributed by atoms with Crippen molar-refractivity contribution in [2.24, 2.45) is 0 Å². The van der Waals surface area contributed by atoms with Crippen LogP contribution in [0.1, 0.15) is 0 Å². The molecule has 0 N–H and O–H groups in total. The van der Waals surface area contributed by atoms with Crippen LogP contribution in [-0.2, 0) is 9.30 Å². The zero-order chi connectivity index (χ0) is 13.7. The Morgan fingerprint density at radius 3 is 1.74 bits per heavy atom. The van der Waals surface area contributed by atoms with Gasteiger partial charge in [-0.25, -0.2) is 4.79 Å². The van der Waals surface area contributed by atoms with Crippen molar-refractivity contribution in [3.63, 3.8) is 0 Å². The van der Waals surface area contributed by atoms with E-state index < -0.39 is 12.9 Å². The van der Waals surface area contributed by atoms with Gasteiger partial charge in [-0.05, 0) is 0 Å². The number of carbonyl (C=O) groups is 1. The van der Waals surface area contributed by atoms with Crippen molar-refractivity contribution in [1.29, 1.82) is 0 Å². The summed E-state index contributed by atoms with van der Waals surface area (Å²) in [7, 11) is -3.46. The molecule has 0 fully saturated rings. The van der Waals surface area contributed by atoms with Crippen LogP contribution >= 0.6 is 7.14 Å². The molecule has 3 nitrogen and oxygen atoms in total. The third-order valence-electron chi connectivity index (χ3n) is 2.68. The number of rotatable bonds is 4. The Balaban J connectivity index is 2.61. The van der Waals surface area contributed by atoms with Gasteiger partial charge in [-0.3, -0.25) is 0 Å². The van der Waals surface area contributed by atoms with Crippen LogP contribution in [0.4, 0.5) is 4.79 Å². The van der Waals surface area contributed by atoms with Gasteiger partial charge in [0.05, 0.1) is 6.26 Å². The second kappa shape index (κ2) is 5.68. The summed E-state index contributed by atoms with van der Waals surface area (Å²) in [5, 5.41) is 0.904. The van der Waals surface area contributed by atoms with Crippen molar-refractivity contribution >= 4 is 23.5 Å². The predicted molar refractivity (Wildman–Crippen MR) is 76.4 cm³/mol. The molecule has 0 aliphatic rings. The molecule has 0 saturated heterocycles. The van der Waals surface area contributed by atoms with Crippen molar-refractivity contribution in [3.05, 3.63) is 73.5 Å². The lowest BCUT2D eigenvalue weighted by atomic mass is 10.4. The number of hydrogen-bond donors (Lipinski definition) is 0. The van der Waals surface area contributed by atoms with Crippen LogP contribution in [0, 0.1) is 0 Å². The summed E-state index contributed by atoms with van der Waals surface area (Å²) in [6.07, 6.45) is 1.00. The molecule has 0 saturated carbocycles. The second-order valence-corrected chi connectivity index (χ2v) is 6.45. The fourth-order valence-corrected chi connectivity index (χ4v) is 3.91. The summed E-state index contributed by atoms with van der Waals surface area (Å²) >= 11 is 0. The molecular weight excluding hydrogens is 259 g/mol. The maximum Gasteiger partial charge on any atom is 0.377 e. The maximum atomic E-state index is 13.2. The van der Waals surface area contributed by atoms with Gasteiger partial charge in [-0.2, -0.15) is 0 Å². The van der Waals surface area contributed by atoms with Gasteiger partial charge < -0.3 is 9.30 Å². The molecule has 0 aliphatic heterocycles. The molecule has 0 bridgehead atoms. The van der Waals surface area contributed by atoms with Crippen molar-refractivity contribution in [2.45, 2.75) is 0 Å². The first-order valence-electron chi connectivity index (χ1n) is 5.73. The molecule has 2 aromatic carbocycles. The first kappa shape index (κ1) is 13.3. The van der Waals surface area contributed by atoms with Gasteiger partial charge in [0, 0.05) is 10.6 Å². The number of hydrogen-bond acceptors (Lipinski definition) is 3. The molecule has 19 heavy (non-hydrogen) atoms. The highest BCUT2D eigenvalue weighted by Gasteiger charge is 2.37. The molecule has 0 aliphatic carbocycles. The van der Waals surface area contributed by atoms with Gasteiger partial charge in [0.25, 0.3) is 0 Å². The Morgan fingerprint density at radius 1 is 0.947 bits per heavy atom. The zero-order valence-electron chi connectivity index (χ0n) is 10.2. The SMILES string of the molecule is C=COC(=O)P(=O)(c1ccccc1)c1ccccc1. The lowest BCUT2D eigenvalue weighted by Crippen LogP contribution is -2.22. The summed E-state index contributed by atoms with van der Waals surface area (Å²) < 4.78 is 18.0. The minimum absolute atomic E-state index is 0.452. The van der Waals surface area contributed by atoms with E-state index in [9.17, 15) is 9.36 Å². The predicted octanol–water partition coefficient (Wildman–Crippen LogP) is 3.28. The van der Waals surface area contributed by atoms with E-state index in [1.807, 2.05) is 0 Å². The number of carbonyl (C=O) groups excluding carboxylic acids is 1. The Morgan fingerprint density at radius 2 is 1.37 bits per heavy atom. The number of ether oxygens (including phenoxy) is 1. The molecule has 0 unspecified atom stereocenters. The third-order valence-corrected chi connectivity index (χ3v) is 5.35. The van der Waals surface area contributed by atoms with Crippen molar-refractivity contribution < 1.29 is 14.1 Å². The fraction of sp³-hybridized carbons (Fsp3) is 0. The van der Waals surface area contributed by atoms with Crippen molar-refractivity contribution in [3.8, 4) is 0 Å². The van der Waals surface area contributed by atoms with Crippen molar-refractivity contribution in [2.75, 3.05) is 0 Å². The van der Waals surface area contributed by atoms with Crippen LogP contribution in [0.3, 0.4) is 0 Å². The highest BCUT2D eigenvalue weighted by atomic mass is 31.2. The van der Waals surface area contributed by atoms with E-state index in [4.69, 9.17) is 4.74 Å². The highest BCUT2D eigenvalue weighted by molar-refractivity contribution is 7.92. The second-order valence-electron chi connectivity index (χ2n) is 3.83. The van der Waals surface area contributed by atoms with Gasteiger partial charge >= 0.3 is 5.71 Å². The van der Waals surface area contributed by atoms with Gasteiger partial charge in [-0.1, -0.05) is 67.2 Å². The molecule has 0 spiro atoms. The average molecular weight is 272 g/mol. The Labute approximate surface area is 111 Å². The minimum Gasteiger partial charge on any atom is -0.429 e.